The van der Waals surface area contributed by atoms with Gasteiger partial charge < -0.3 is 10.4 Å². The molecule has 21 heavy (non-hydrogen) atoms. The first-order valence-electron chi connectivity index (χ1n) is 6.08. The monoisotopic (exact) mass is 310 g/mol. The fraction of sp³-hybridized carbons (Fsp3) is 0.143. The number of benzene rings is 2. The van der Waals surface area contributed by atoms with E-state index in [9.17, 15) is 19.6 Å². The van der Waals surface area contributed by atoms with Gasteiger partial charge in [-0.05, 0) is 23.8 Å². The molecule has 0 aliphatic rings. The Hall–Kier alpha value is -2.18. The van der Waals surface area contributed by atoms with Crippen LogP contribution in [0.2, 0.25) is 5.02 Å². The summed E-state index contributed by atoms with van der Waals surface area (Å²) in [5, 5.41) is 24.1. The zero-order valence-electron chi connectivity index (χ0n) is 10.8. The van der Waals surface area contributed by atoms with E-state index < -0.39 is 16.8 Å². The normalized spacial score (nSPS) is 12.0. The molecule has 5 nitrogen and oxygen atoms in total. The van der Waals surface area contributed by atoms with E-state index >= 15 is 0 Å². The zero-order chi connectivity index (χ0) is 15.4. The summed E-state index contributed by atoms with van der Waals surface area (Å²) < 4.78 is 13.2. The molecule has 1 atom stereocenters. The molecular formula is C14H12ClFN2O3. The average Bonchev–Trinajstić information content (AvgIpc) is 2.45. The predicted molar refractivity (Wildman–Crippen MR) is 78.0 cm³/mol. The van der Waals surface area contributed by atoms with Crippen LogP contribution in [0.15, 0.2) is 42.5 Å². The molecule has 0 heterocycles. The van der Waals surface area contributed by atoms with Crippen molar-refractivity contribution < 1.29 is 14.4 Å². The van der Waals surface area contributed by atoms with Crippen LogP contribution in [0.1, 0.15) is 11.7 Å². The van der Waals surface area contributed by atoms with Gasteiger partial charge in [0.25, 0.3) is 5.69 Å². The lowest BCUT2D eigenvalue weighted by Crippen LogP contribution is -2.13. The second kappa shape index (κ2) is 6.51. The maximum atomic E-state index is 13.2. The largest absolute Gasteiger partial charge is 0.387 e. The molecule has 0 saturated heterocycles. The minimum absolute atomic E-state index is 0.00588. The molecule has 0 spiro atoms. The van der Waals surface area contributed by atoms with E-state index in [0.717, 1.165) is 18.2 Å². The summed E-state index contributed by atoms with van der Waals surface area (Å²) in [6.07, 6.45) is -0.898. The van der Waals surface area contributed by atoms with Crippen LogP contribution in [0.5, 0.6) is 0 Å². The molecule has 0 aromatic heterocycles. The number of anilines is 1. The van der Waals surface area contributed by atoms with Gasteiger partial charge in [0, 0.05) is 23.7 Å². The number of aliphatic hydroxyl groups excluding tert-OH is 1. The Bertz CT molecular complexity index is 649. The van der Waals surface area contributed by atoms with Crippen LogP contribution < -0.4 is 5.32 Å². The van der Waals surface area contributed by atoms with E-state index in [1.807, 2.05) is 0 Å². The fourth-order valence-electron chi connectivity index (χ4n) is 1.82. The van der Waals surface area contributed by atoms with Gasteiger partial charge in [0.1, 0.15) is 11.5 Å². The molecule has 0 aliphatic heterocycles. The third-order valence-corrected chi connectivity index (χ3v) is 3.15. The Kier molecular flexibility index (Phi) is 4.72. The molecule has 0 fully saturated rings. The predicted octanol–water partition coefficient (Wildman–Crippen LogP) is 3.53. The quantitative estimate of drug-likeness (QED) is 0.654. The molecule has 0 aliphatic carbocycles. The molecule has 0 bridgehead atoms. The fourth-order valence-corrected chi connectivity index (χ4v) is 1.94. The average molecular weight is 311 g/mol. The van der Waals surface area contributed by atoms with Gasteiger partial charge in [0.15, 0.2) is 0 Å². The molecule has 0 radical (unpaired) electrons. The van der Waals surface area contributed by atoms with Crippen molar-refractivity contribution in [2.24, 2.45) is 0 Å². The van der Waals surface area contributed by atoms with Gasteiger partial charge in [0.05, 0.1) is 11.0 Å². The molecule has 0 amide bonds. The van der Waals surface area contributed by atoms with Crippen molar-refractivity contribution in [2.45, 2.75) is 6.10 Å². The lowest BCUT2D eigenvalue weighted by Gasteiger charge is -2.13. The van der Waals surface area contributed by atoms with E-state index in [4.69, 9.17) is 11.6 Å². The molecular weight excluding hydrogens is 299 g/mol. The van der Waals surface area contributed by atoms with Crippen LogP contribution in [-0.2, 0) is 0 Å². The first-order valence-corrected chi connectivity index (χ1v) is 6.46. The van der Waals surface area contributed by atoms with E-state index in [1.54, 1.807) is 24.3 Å². The summed E-state index contributed by atoms with van der Waals surface area (Å²) in [4.78, 5) is 10.2. The number of halogens is 2. The third-order valence-electron chi connectivity index (χ3n) is 2.90. The summed E-state index contributed by atoms with van der Waals surface area (Å²) in [5.41, 5.74) is 0.374. The highest BCUT2D eigenvalue weighted by molar-refractivity contribution is 6.30. The highest BCUT2D eigenvalue weighted by Gasteiger charge is 2.16. The molecule has 2 aromatic rings. The van der Waals surface area contributed by atoms with Crippen LogP contribution in [0.3, 0.4) is 0 Å². The second-order valence-corrected chi connectivity index (χ2v) is 4.80. The van der Waals surface area contributed by atoms with Gasteiger partial charge in [0.2, 0.25) is 0 Å². The van der Waals surface area contributed by atoms with Crippen LogP contribution in [0.4, 0.5) is 15.8 Å². The summed E-state index contributed by atoms with van der Waals surface area (Å²) in [6.45, 7) is 0.00588. The first-order chi connectivity index (χ1) is 9.97. The van der Waals surface area contributed by atoms with Crippen molar-refractivity contribution in [3.8, 4) is 0 Å². The Balaban J connectivity index is 2.10. The van der Waals surface area contributed by atoms with E-state index in [0.29, 0.717) is 10.6 Å². The molecule has 2 aromatic carbocycles. The van der Waals surface area contributed by atoms with Gasteiger partial charge in [-0.1, -0.05) is 23.7 Å². The van der Waals surface area contributed by atoms with Crippen LogP contribution >= 0.6 is 11.6 Å². The van der Waals surface area contributed by atoms with Crippen LogP contribution in [-0.4, -0.2) is 16.6 Å². The maximum Gasteiger partial charge on any atom is 0.292 e. The standard InChI is InChI=1S/C14H12ClFN2O3/c15-10-3-1-9(2-4-10)14(19)8-17-12-7-11(16)5-6-13(12)18(20)21/h1-7,14,17,19H,8H2. The minimum atomic E-state index is -0.898. The highest BCUT2D eigenvalue weighted by Crippen LogP contribution is 2.26. The number of nitrogens with zero attached hydrogens (tertiary/aromatic N) is 1. The zero-order valence-corrected chi connectivity index (χ0v) is 11.5. The van der Waals surface area contributed by atoms with E-state index in [2.05, 4.69) is 5.32 Å². The Labute approximate surface area is 125 Å². The summed E-state index contributed by atoms with van der Waals surface area (Å²) in [7, 11) is 0. The van der Waals surface area contributed by atoms with Gasteiger partial charge in [-0.3, -0.25) is 10.1 Å². The summed E-state index contributed by atoms with van der Waals surface area (Å²) >= 11 is 5.75. The lowest BCUT2D eigenvalue weighted by atomic mass is 10.1. The van der Waals surface area contributed by atoms with Gasteiger partial charge >= 0.3 is 0 Å². The molecule has 7 heteroatoms. The van der Waals surface area contributed by atoms with E-state index in [1.165, 1.54) is 0 Å². The SMILES string of the molecule is O=[N+]([O-])c1ccc(F)cc1NCC(O)c1ccc(Cl)cc1. The Morgan fingerprint density at radius 2 is 1.95 bits per heavy atom. The van der Waals surface area contributed by atoms with Crippen molar-refractivity contribution in [1.29, 1.82) is 0 Å². The number of rotatable bonds is 5. The minimum Gasteiger partial charge on any atom is -0.387 e. The molecule has 0 saturated carbocycles. The van der Waals surface area contributed by atoms with Crippen LogP contribution in [0.25, 0.3) is 0 Å². The van der Waals surface area contributed by atoms with E-state index in [-0.39, 0.29) is 17.9 Å². The Morgan fingerprint density at radius 3 is 2.57 bits per heavy atom. The van der Waals surface area contributed by atoms with Gasteiger partial charge in [-0.2, -0.15) is 0 Å². The lowest BCUT2D eigenvalue weighted by molar-refractivity contribution is -0.384. The first kappa shape index (κ1) is 15.2. The number of nitro groups is 1. The van der Waals surface area contributed by atoms with Crippen LogP contribution in [0, 0.1) is 15.9 Å². The Morgan fingerprint density at radius 1 is 1.29 bits per heavy atom. The number of hydrogen-bond donors (Lipinski definition) is 2. The second-order valence-electron chi connectivity index (χ2n) is 4.37. The smallest absolute Gasteiger partial charge is 0.292 e. The molecule has 2 N–H and O–H groups in total. The maximum absolute atomic E-state index is 13.2. The molecule has 110 valence electrons. The van der Waals surface area contributed by atoms with Gasteiger partial charge in [-0.15, -0.1) is 0 Å². The van der Waals surface area contributed by atoms with Gasteiger partial charge in [-0.25, -0.2) is 4.39 Å². The summed E-state index contributed by atoms with van der Waals surface area (Å²) in [6, 6.07) is 9.66. The number of nitro benzene ring substituents is 1. The van der Waals surface area contributed by atoms with Crippen molar-refractivity contribution in [3.63, 3.8) is 0 Å². The highest BCUT2D eigenvalue weighted by atomic mass is 35.5. The number of aliphatic hydroxyl groups is 1. The molecule has 1 unspecified atom stereocenters. The molecule has 2 rings (SSSR count). The van der Waals surface area contributed by atoms with Crippen molar-refractivity contribution in [2.75, 3.05) is 11.9 Å². The van der Waals surface area contributed by atoms with Crippen molar-refractivity contribution in [3.05, 3.63) is 69.0 Å². The number of nitrogens with one attached hydrogen (secondary N) is 1. The topological polar surface area (TPSA) is 75.4 Å². The van der Waals surface area contributed by atoms with Crippen molar-refractivity contribution >= 4 is 23.0 Å². The van der Waals surface area contributed by atoms with Crippen molar-refractivity contribution in [1.82, 2.24) is 0 Å². The third kappa shape index (κ3) is 3.90. The summed E-state index contributed by atoms with van der Waals surface area (Å²) in [5.74, 6) is -0.593. The number of hydrogen-bond acceptors (Lipinski definition) is 4.